The van der Waals surface area contributed by atoms with Crippen molar-refractivity contribution in [3.63, 3.8) is 0 Å². The van der Waals surface area contributed by atoms with Gasteiger partial charge in [-0.15, -0.1) is 11.3 Å². The van der Waals surface area contributed by atoms with Gasteiger partial charge in [-0.1, -0.05) is 138 Å². The molecular formula is C68H73BN2S. The van der Waals surface area contributed by atoms with Crippen molar-refractivity contribution in [3.05, 3.63) is 160 Å². The molecule has 0 bridgehead atoms. The highest BCUT2D eigenvalue weighted by Gasteiger charge is 2.49. The lowest BCUT2D eigenvalue weighted by atomic mass is 9.43. The smallest absolute Gasteiger partial charge is 0.333 e. The lowest BCUT2D eigenvalue weighted by Crippen LogP contribution is -2.61. The summed E-state index contributed by atoms with van der Waals surface area (Å²) < 4.78 is 2.70. The minimum absolute atomic E-state index is 0.0404. The molecule has 4 heteroatoms. The van der Waals surface area contributed by atoms with Gasteiger partial charge in [0.2, 0.25) is 0 Å². The third-order valence-electron chi connectivity index (χ3n) is 19.5. The number of hydrogen-bond donors (Lipinski definition) is 0. The zero-order valence-corrected chi connectivity index (χ0v) is 46.4. The van der Waals surface area contributed by atoms with Crippen molar-refractivity contribution in [1.29, 1.82) is 0 Å². The predicted octanol–water partition coefficient (Wildman–Crippen LogP) is 18.1. The van der Waals surface area contributed by atoms with Crippen molar-refractivity contribution in [1.82, 2.24) is 0 Å². The molecule has 0 N–H and O–H groups in total. The van der Waals surface area contributed by atoms with E-state index in [0.29, 0.717) is 0 Å². The maximum Gasteiger partial charge on any atom is 0.333 e. The number of anilines is 5. The molecule has 0 fully saturated rings. The fourth-order valence-electron chi connectivity index (χ4n) is 14.5. The number of benzene rings is 7. The van der Waals surface area contributed by atoms with Gasteiger partial charge in [0.05, 0.1) is 0 Å². The lowest BCUT2D eigenvalue weighted by Gasteiger charge is -2.49. The molecular weight excluding hydrogens is 888 g/mol. The second kappa shape index (κ2) is 15.0. The van der Waals surface area contributed by atoms with E-state index in [1.54, 1.807) is 0 Å². The molecule has 0 atom stereocenters. The number of thiophene rings is 1. The van der Waals surface area contributed by atoms with Gasteiger partial charge in [-0.2, -0.15) is 0 Å². The number of hydrogen-bond acceptors (Lipinski definition) is 3. The Labute approximate surface area is 435 Å². The van der Waals surface area contributed by atoms with Crippen LogP contribution in [0.25, 0.3) is 42.4 Å². The van der Waals surface area contributed by atoms with E-state index in [1.807, 2.05) is 11.3 Å². The quantitative estimate of drug-likeness (QED) is 0.163. The first-order valence-corrected chi connectivity index (χ1v) is 28.1. The highest BCUT2D eigenvalue weighted by Crippen LogP contribution is 2.57. The molecule has 13 rings (SSSR count). The Morgan fingerprint density at radius 2 is 0.958 bits per heavy atom. The molecule has 0 amide bonds. The van der Waals surface area contributed by atoms with Crippen LogP contribution in [0.15, 0.2) is 115 Å². The first-order valence-electron chi connectivity index (χ1n) is 27.2. The Hall–Kier alpha value is -5.58. The summed E-state index contributed by atoms with van der Waals surface area (Å²) in [6.45, 7) is 34.4. The number of nitrogens with zero attached hydrogens (tertiary/aromatic N) is 2. The van der Waals surface area contributed by atoms with Crippen molar-refractivity contribution < 1.29 is 0 Å². The van der Waals surface area contributed by atoms with E-state index in [2.05, 4.69) is 222 Å². The maximum absolute atomic E-state index is 2.84. The lowest BCUT2D eigenvalue weighted by molar-refractivity contribution is 0.332. The van der Waals surface area contributed by atoms with Crippen LogP contribution in [0.3, 0.4) is 0 Å². The van der Waals surface area contributed by atoms with Gasteiger partial charge in [0, 0.05) is 54.2 Å². The summed E-state index contributed by atoms with van der Waals surface area (Å²) >= 11 is 1.95. The maximum atomic E-state index is 2.84. The van der Waals surface area contributed by atoms with Crippen LogP contribution in [-0.4, -0.2) is 6.85 Å². The highest BCUT2D eigenvalue weighted by atomic mass is 32.1. The monoisotopic (exact) mass is 961 g/mol. The van der Waals surface area contributed by atoms with E-state index in [9.17, 15) is 0 Å². The molecule has 2 nitrogen and oxygen atoms in total. The van der Waals surface area contributed by atoms with Gasteiger partial charge < -0.3 is 9.71 Å². The van der Waals surface area contributed by atoms with Gasteiger partial charge >= 0.3 is 6.85 Å². The molecule has 0 spiro atoms. The second-order valence-corrected chi connectivity index (χ2v) is 28.1. The zero-order chi connectivity index (χ0) is 50.4. The minimum atomic E-state index is -0.0851. The van der Waals surface area contributed by atoms with Crippen molar-refractivity contribution in [2.24, 2.45) is 0 Å². The van der Waals surface area contributed by atoms with Gasteiger partial charge in [0.25, 0.3) is 0 Å². The second-order valence-electron chi connectivity index (χ2n) is 27.0. The molecule has 5 aliphatic rings. The Bertz CT molecular complexity index is 3650. The van der Waals surface area contributed by atoms with E-state index < -0.39 is 0 Å². The van der Waals surface area contributed by atoms with Crippen molar-refractivity contribution in [2.45, 2.75) is 168 Å². The van der Waals surface area contributed by atoms with Gasteiger partial charge in [-0.3, -0.25) is 0 Å². The fraction of sp³-hybridized carbons (Fsp3) is 0.382. The van der Waals surface area contributed by atoms with Crippen LogP contribution in [-0.2, 0) is 32.5 Å². The Kier molecular flexibility index (Phi) is 9.65. The van der Waals surface area contributed by atoms with Crippen LogP contribution in [0.2, 0.25) is 0 Å². The van der Waals surface area contributed by atoms with Crippen molar-refractivity contribution >= 4 is 77.7 Å². The zero-order valence-electron chi connectivity index (χ0n) is 45.6. The van der Waals surface area contributed by atoms with E-state index in [1.165, 1.54) is 165 Å². The highest BCUT2D eigenvalue weighted by molar-refractivity contribution is 7.26. The molecule has 8 aromatic rings. The van der Waals surface area contributed by atoms with Crippen LogP contribution in [0.4, 0.5) is 28.4 Å². The Balaban J connectivity index is 1.21. The molecule has 3 aliphatic carbocycles. The minimum Gasteiger partial charge on any atom is -0.376 e. The molecule has 0 unspecified atom stereocenters. The largest absolute Gasteiger partial charge is 0.376 e. The van der Waals surface area contributed by atoms with E-state index in [4.69, 9.17) is 0 Å². The van der Waals surface area contributed by atoms with Crippen LogP contribution >= 0.6 is 11.3 Å². The molecule has 3 heterocycles. The summed E-state index contributed by atoms with van der Waals surface area (Å²) in [6, 6.07) is 46.9. The molecule has 0 saturated heterocycles. The summed E-state index contributed by atoms with van der Waals surface area (Å²) in [5.74, 6) is 0. The van der Waals surface area contributed by atoms with E-state index >= 15 is 0 Å². The number of fused-ring (bicyclic) bond motifs is 10. The Morgan fingerprint density at radius 1 is 0.403 bits per heavy atom. The first-order chi connectivity index (χ1) is 34.0. The van der Waals surface area contributed by atoms with Crippen LogP contribution < -0.4 is 20.6 Å². The van der Waals surface area contributed by atoms with Crippen molar-refractivity contribution in [2.75, 3.05) is 9.71 Å². The number of aryl methyl sites for hydroxylation is 2. The van der Waals surface area contributed by atoms with Crippen LogP contribution in [0.5, 0.6) is 0 Å². The molecule has 0 radical (unpaired) electrons. The summed E-state index contributed by atoms with van der Waals surface area (Å²) in [4.78, 5) is 5.59. The summed E-state index contributed by atoms with van der Waals surface area (Å²) in [6.07, 6.45) is 7.09. The summed E-state index contributed by atoms with van der Waals surface area (Å²) in [7, 11) is 0. The molecule has 0 saturated carbocycles. The predicted molar refractivity (Wildman–Crippen MR) is 314 cm³/mol. The molecule has 2 aliphatic heterocycles. The Morgan fingerprint density at radius 3 is 1.61 bits per heavy atom. The van der Waals surface area contributed by atoms with Gasteiger partial charge in [-0.25, -0.2) is 0 Å². The van der Waals surface area contributed by atoms with Gasteiger partial charge in [0.15, 0.2) is 0 Å². The third kappa shape index (κ3) is 6.58. The van der Waals surface area contributed by atoms with Gasteiger partial charge in [0.1, 0.15) is 0 Å². The molecule has 364 valence electrons. The topological polar surface area (TPSA) is 6.48 Å². The van der Waals surface area contributed by atoms with Crippen LogP contribution in [0.1, 0.15) is 166 Å². The average Bonchev–Trinajstić information content (AvgIpc) is 3.70. The first kappa shape index (κ1) is 46.2. The summed E-state index contributed by atoms with van der Waals surface area (Å²) in [5, 5.41) is 2.68. The standard InChI is InChI=1S/C68H73BN2S/c1-40-19-15-16-20-44(40)42-32-48-46-35-52-54(68(13,14)30-28-66(52,9)10)38-57(46)71(43-23-24-49-51(34-43)65(7,8)26-25-63(49,3)4)69-55-39-61-47(45-21-17-18-22-60(45)72-61)36-58(55)70(59(33-42)62(48)69)56-37-53-50(31-41(56)2)64(5,6)27-29-67(53,11)12/h15-24,31-39H,25-30H2,1-14H3. The average molecular weight is 961 g/mol. The summed E-state index contributed by atoms with van der Waals surface area (Å²) in [5.41, 5.74) is 26.7. The molecule has 7 aromatic carbocycles. The SMILES string of the molecule is Cc1ccccc1-c1cc2c3c(c1)N(c1cc4c(cc1C)C(C)(C)CCC4(C)C)c1cc4c(cc1B3N(c1ccc3c(c1)C(C)(C)CCC3(C)C)c1cc3c(cc1-2)C(C)(C)CCC3(C)C)sc1ccccc14. The third-order valence-corrected chi connectivity index (χ3v) is 20.6. The molecule has 72 heavy (non-hydrogen) atoms. The fourth-order valence-corrected chi connectivity index (χ4v) is 15.6. The van der Waals surface area contributed by atoms with E-state index in [-0.39, 0.29) is 39.3 Å². The molecule has 1 aromatic heterocycles. The van der Waals surface area contributed by atoms with Crippen molar-refractivity contribution in [3.8, 4) is 22.3 Å². The van der Waals surface area contributed by atoms with Gasteiger partial charge in [-0.05, 0) is 218 Å². The number of rotatable bonds is 3. The normalized spacial score (nSPS) is 20.1. The van der Waals surface area contributed by atoms with Crippen LogP contribution in [0, 0.1) is 13.8 Å². The van der Waals surface area contributed by atoms with E-state index in [0.717, 1.165) is 0 Å².